The van der Waals surface area contributed by atoms with Gasteiger partial charge in [0.05, 0.1) is 16.6 Å². The number of nitrogens with zero attached hydrogens (tertiary/aromatic N) is 2. The summed E-state index contributed by atoms with van der Waals surface area (Å²) in [6.45, 7) is 5.60. The first kappa shape index (κ1) is 22.0. The maximum absolute atomic E-state index is 12.8. The zero-order valence-electron chi connectivity index (χ0n) is 15.7. The van der Waals surface area contributed by atoms with Gasteiger partial charge in [0.2, 0.25) is 0 Å². The molecule has 0 radical (unpaired) electrons. The number of ether oxygens (including phenoxy) is 1. The van der Waals surface area contributed by atoms with Crippen molar-refractivity contribution >= 4 is 27.7 Å². The van der Waals surface area contributed by atoms with Crippen molar-refractivity contribution in [1.82, 2.24) is 4.98 Å². The monoisotopic (exact) mass is 450 g/mol. The molecule has 1 heterocycles. The van der Waals surface area contributed by atoms with Gasteiger partial charge in [-0.2, -0.15) is 13.2 Å². The fourth-order valence-electron chi connectivity index (χ4n) is 3.57. The number of hydrogen-bond donors (Lipinski definition) is 0. The molecule has 1 fully saturated rings. The lowest BCUT2D eigenvalue weighted by atomic mass is 9.80. The molecule has 0 atom stereocenters. The van der Waals surface area contributed by atoms with Crippen molar-refractivity contribution in [2.75, 3.05) is 24.6 Å². The largest absolute Gasteiger partial charge is 0.466 e. The van der Waals surface area contributed by atoms with Crippen molar-refractivity contribution in [2.45, 2.75) is 52.1 Å². The first-order valence-electron chi connectivity index (χ1n) is 9.37. The van der Waals surface area contributed by atoms with Gasteiger partial charge in [0.15, 0.2) is 0 Å². The zero-order chi connectivity index (χ0) is 20.0. The summed E-state index contributed by atoms with van der Waals surface area (Å²) >= 11 is 3.24. The molecular weight excluding hydrogens is 425 g/mol. The molecule has 0 N–H and O–H groups in total. The van der Waals surface area contributed by atoms with Crippen LogP contribution in [0.25, 0.3) is 0 Å². The molecule has 2 rings (SSSR count). The van der Waals surface area contributed by atoms with Crippen LogP contribution in [0.15, 0.2) is 16.7 Å². The van der Waals surface area contributed by atoms with Crippen LogP contribution in [-0.4, -0.2) is 30.6 Å². The van der Waals surface area contributed by atoms with Gasteiger partial charge in [-0.05, 0) is 73.4 Å². The van der Waals surface area contributed by atoms with E-state index in [1.54, 1.807) is 0 Å². The highest BCUT2D eigenvalue weighted by molar-refractivity contribution is 9.10. The average Bonchev–Trinajstić information content (AvgIpc) is 2.61. The SMILES string of the molecule is CCOC(=O)C[C@H]1CC[C@H](CN(CC)c2ncc(C(F)(F)F)cc2Br)CC1. The minimum atomic E-state index is -4.40. The number of carbonyl (C=O) groups is 1. The molecule has 27 heavy (non-hydrogen) atoms. The van der Waals surface area contributed by atoms with Crippen LogP contribution < -0.4 is 4.90 Å². The second-order valence-electron chi connectivity index (χ2n) is 6.96. The van der Waals surface area contributed by atoms with E-state index in [1.807, 2.05) is 18.7 Å². The van der Waals surface area contributed by atoms with Crippen LogP contribution in [0, 0.1) is 11.8 Å². The molecule has 0 amide bonds. The summed E-state index contributed by atoms with van der Waals surface area (Å²) in [7, 11) is 0. The first-order chi connectivity index (χ1) is 12.7. The van der Waals surface area contributed by atoms with E-state index in [-0.39, 0.29) is 5.97 Å². The van der Waals surface area contributed by atoms with Gasteiger partial charge in [-0.25, -0.2) is 4.98 Å². The molecule has 1 aliphatic rings. The van der Waals surface area contributed by atoms with Gasteiger partial charge in [0.1, 0.15) is 5.82 Å². The van der Waals surface area contributed by atoms with Crippen molar-refractivity contribution in [3.63, 3.8) is 0 Å². The standard InChI is InChI=1S/C19H26BrF3N2O2/c1-3-25(18-16(20)10-15(11-24-18)19(21,22)23)12-14-7-5-13(6-8-14)9-17(26)27-4-2/h10-11,13-14H,3-9,12H2,1-2H3/t13-,14-. The number of esters is 1. The van der Waals surface area contributed by atoms with E-state index in [4.69, 9.17) is 4.74 Å². The van der Waals surface area contributed by atoms with E-state index in [2.05, 4.69) is 20.9 Å². The molecular formula is C19H26BrF3N2O2. The quantitative estimate of drug-likeness (QED) is 0.518. The summed E-state index contributed by atoms with van der Waals surface area (Å²) in [6, 6.07) is 1.08. The third kappa shape index (κ3) is 6.36. The number of alkyl halides is 3. The van der Waals surface area contributed by atoms with Gasteiger partial charge in [0, 0.05) is 25.7 Å². The number of carbonyl (C=O) groups excluding carboxylic acids is 1. The second-order valence-corrected chi connectivity index (χ2v) is 7.82. The molecule has 0 saturated heterocycles. The lowest BCUT2D eigenvalue weighted by Crippen LogP contribution is -2.32. The number of hydrogen-bond acceptors (Lipinski definition) is 4. The summed E-state index contributed by atoms with van der Waals surface area (Å²) < 4.78 is 43.8. The lowest BCUT2D eigenvalue weighted by Gasteiger charge is -2.33. The molecule has 1 aromatic rings. The van der Waals surface area contributed by atoms with Gasteiger partial charge >= 0.3 is 12.1 Å². The molecule has 1 saturated carbocycles. The van der Waals surface area contributed by atoms with E-state index >= 15 is 0 Å². The van der Waals surface area contributed by atoms with Crippen molar-refractivity contribution in [2.24, 2.45) is 11.8 Å². The molecule has 1 aliphatic carbocycles. The fraction of sp³-hybridized carbons (Fsp3) is 0.684. The lowest BCUT2D eigenvalue weighted by molar-refractivity contribution is -0.144. The predicted octanol–water partition coefficient (Wildman–Crippen LogP) is 5.45. The van der Waals surface area contributed by atoms with Crippen LogP contribution in [-0.2, 0) is 15.7 Å². The summed E-state index contributed by atoms with van der Waals surface area (Å²) in [5.41, 5.74) is -0.756. The average molecular weight is 451 g/mol. The van der Waals surface area contributed by atoms with Gasteiger partial charge in [0.25, 0.3) is 0 Å². The molecule has 0 spiro atoms. The molecule has 0 bridgehead atoms. The van der Waals surface area contributed by atoms with E-state index in [9.17, 15) is 18.0 Å². The van der Waals surface area contributed by atoms with Crippen LogP contribution in [0.5, 0.6) is 0 Å². The Hall–Kier alpha value is -1.31. The van der Waals surface area contributed by atoms with Crippen molar-refractivity contribution in [1.29, 1.82) is 0 Å². The Balaban J connectivity index is 1.93. The Labute approximate surface area is 166 Å². The zero-order valence-corrected chi connectivity index (χ0v) is 17.3. The Morgan fingerprint density at radius 2 is 1.89 bits per heavy atom. The predicted molar refractivity (Wildman–Crippen MR) is 102 cm³/mol. The van der Waals surface area contributed by atoms with Gasteiger partial charge in [-0.15, -0.1) is 0 Å². The third-order valence-corrected chi connectivity index (χ3v) is 5.62. The minimum Gasteiger partial charge on any atom is -0.466 e. The molecule has 0 aliphatic heterocycles. The highest BCUT2D eigenvalue weighted by Crippen LogP contribution is 2.36. The van der Waals surface area contributed by atoms with E-state index in [0.29, 0.717) is 41.7 Å². The smallest absolute Gasteiger partial charge is 0.417 e. The van der Waals surface area contributed by atoms with Gasteiger partial charge < -0.3 is 9.64 Å². The van der Waals surface area contributed by atoms with Crippen LogP contribution in [0.1, 0.15) is 51.5 Å². The van der Waals surface area contributed by atoms with Crippen molar-refractivity contribution < 1.29 is 22.7 Å². The Kier molecular flexibility index (Phi) is 7.94. The summed E-state index contributed by atoms with van der Waals surface area (Å²) in [6.07, 6.45) is 0.911. The molecule has 0 aromatic carbocycles. The summed E-state index contributed by atoms with van der Waals surface area (Å²) in [4.78, 5) is 17.7. The van der Waals surface area contributed by atoms with Crippen LogP contribution in [0.2, 0.25) is 0 Å². The van der Waals surface area contributed by atoms with Crippen molar-refractivity contribution in [3.8, 4) is 0 Å². The minimum absolute atomic E-state index is 0.131. The highest BCUT2D eigenvalue weighted by atomic mass is 79.9. The molecule has 4 nitrogen and oxygen atoms in total. The van der Waals surface area contributed by atoms with Gasteiger partial charge in [-0.1, -0.05) is 0 Å². The van der Waals surface area contributed by atoms with E-state index < -0.39 is 11.7 Å². The molecule has 0 unspecified atom stereocenters. The first-order valence-corrected chi connectivity index (χ1v) is 10.2. The van der Waals surface area contributed by atoms with Crippen LogP contribution in [0.4, 0.5) is 19.0 Å². The maximum atomic E-state index is 12.8. The second kappa shape index (κ2) is 9.75. The number of pyridine rings is 1. The van der Waals surface area contributed by atoms with E-state index in [0.717, 1.165) is 44.5 Å². The maximum Gasteiger partial charge on any atom is 0.417 e. The van der Waals surface area contributed by atoms with Crippen LogP contribution in [0.3, 0.4) is 0 Å². The fourth-order valence-corrected chi connectivity index (χ4v) is 4.17. The Morgan fingerprint density at radius 3 is 2.41 bits per heavy atom. The number of halogens is 4. The normalized spacial score (nSPS) is 20.4. The highest BCUT2D eigenvalue weighted by Gasteiger charge is 2.32. The molecule has 1 aromatic heterocycles. The molecule has 8 heteroatoms. The summed E-state index contributed by atoms with van der Waals surface area (Å²) in [5, 5.41) is 0. The molecule has 152 valence electrons. The number of rotatable bonds is 7. The number of anilines is 1. The van der Waals surface area contributed by atoms with Gasteiger partial charge in [-0.3, -0.25) is 4.79 Å². The van der Waals surface area contributed by atoms with Crippen molar-refractivity contribution in [3.05, 3.63) is 22.3 Å². The Bertz CT molecular complexity index is 632. The third-order valence-electron chi connectivity index (χ3n) is 5.04. The topological polar surface area (TPSA) is 42.4 Å². The van der Waals surface area contributed by atoms with Crippen LogP contribution >= 0.6 is 15.9 Å². The number of aromatic nitrogens is 1. The van der Waals surface area contributed by atoms with E-state index in [1.165, 1.54) is 0 Å². The summed E-state index contributed by atoms with van der Waals surface area (Å²) in [5.74, 6) is 1.22. The Morgan fingerprint density at radius 1 is 1.26 bits per heavy atom.